The number of rotatable bonds is 8. The lowest BCUT2D eigenvalue weighted by molar-refractivity contribution is 0.190. The fourth-order valence-electron chi connectivity index (χ4n) is 3.16. The number of nitrogens with one attached hydrogen (secondary N) is 1. The number of nitrogens with zero attached hydrogens (tertiary/aromatic N) is 4. The normalized spacial score (nSPS) is 19.9. The quantitative estimate of drug-likeness (QED) is 0.738. The van der Waals surface area contributed by atoms with Gasteiger partial charge in [-0.1, -0.05) is 5.16 Å². The Balaban J connectivity index is 1.26. The van der Waals surface area contributed by atoms with Gasteiger partial charge >= 0.3 is 6.09 Å². The van der Waals surface area contributed by atoms with Gasteiger partial charge in [-0.15, -0.1) is 0 Å². The topological polar surface area (TPSA) is 112 Å². The van der Waals surface area contributed by atoms with Crippen LogP contribution in [-0.2, 0) is 0 Å². The van der Waals surface area contributed by atoms with E-state index in [1.54, 1.807) is 6.92 Å². The maximum atomic E-state index is 12.4. The molecule has 2 heterocycles. The van der Waals surface area contributed by atoms with E-state index in [1.807, 2.05) is 0 Å². The Bertz CT molecular complexity index is 873. The largest absolute Gasteiger partial charge is 0.476 e. The molecular weight excluding hydrogens is 362 g/mol. The van der Waals surface area contributed by atoms with Gasteiger partial charge in [0.2, 0.25) is 17.7 Å². The summed E-state index contributed by atoms with van der Waals surface area (Å²) in [7, 11) is 0. The van der Waals surface area contributed by atoms with Gasteiger partial charge < -0.3 is 19.3 Å². The van der Waals surface area contributed by atoms with Crippen LogP contribution in [0.3, 0.4) is 0 Å². The molecule has 5 rings (SSSR count). The number of aryl methyl sites for hydroxylation is 1. The minimum Gasteiger partial charge on any atom is -0.476 e. The number of carbonyl (C=O) groups excluding carboxylic acids is 1. The van der Waals surface area contributed by atoms with Gasteiger partial charge in [0.05, 0.1) is 18.8 Å². The molecule has 3 fully saturated rings. The summed E-state index contributed by atoms with van der Waals surface area (Å²) < 4.78 is 16.3. The van der Waals surface area contributed by atoms with E-state index in [-0.39, 0.29) is 11.9 Å². The van der Waals surface area contributed by atoms with Gasteiger partial charge in [-0.25, -0.2) is 9.78 Å². The lowest BCUT2D eigenvalue weighted by atomic mass is 10.2. The summed E-state index contributed by atoms with van der Waals surface area (Å²) in [6.45, 7) is 2.37. The molecule has 0 saturated heterocycles. The summed E-state index contributed by atoms with van der Waals surface area (Å²) in [4.78, 5) is 25.5. The van der Waals surface area contributed by atoms with Crippen LogP contribution >= 0.6 is 0 Å². The SMILES string of the molecule is Cc1nc([C@H](NC(=O)Oc2cnc(C3CC3)c(OCC3CC3)n2)C2CC2)no1. The van der Waals surface area contributed by atoms with Crippen LogP contribution in [0.2, 0.25) is 0 Å². The first-order valence-electron chi connectivity index (χ1n) is 9.94. The molecule has 0 spiro atoms. The van der Waals surface area contributed by atoms with Crippen LogP contribution in [0.4, 0.5) is 4.79 Å². The van der Waals surface area contributed by atoms with Crippen LogP contribution in [0.25, 0.3) is 0 Å². The Labute approximate surface area is 162 Å². The minimum atomic E-state index is -0.610. The van der Waals surface area contributed by atoms with Gasteiger partial charge in [-0.05, 0) is 50.4 Å². The third kappa shape index (κ3) is 4.07. The molecule has 0 bridgehead atoms. The Kier molecular flexibility index (Phi) is 4.37. The van der Waals surface area contributed by atoms with E-state index in [0.29, 0.717) is 42.0 Å². The molecule has 1 atom stereocenters. The molecule has 28 heavy (non-hydrogen) atoms. The standard InChI is InChI=1S/C19H23N5O4/c1-10-21-17(24-28-10)15(12-4-5-12)23-19(25)27-14-8-20-16(13-6-7-13)18(22-14)26-9-11-2-3-11/h8,11-13,15H,2-7,9H2,1H3,(H,23,25)/t15-/m1/s1. The highest BCUT2D eigenvalue weighted by Gasteiger charge is 2.37. The molecule has 9 heteroatoms. The Morgan fingerprint density at radius 3 is 2.71 bits per heavy atom. The molecule has 9 nitrogen and oxygen atoms in total. The monoisotopic (exact) mass is 385 g/mol. The zero-order valence-corrected chi connectivity index (χ0v) is 15.8. The van der Waals surface area contributed by atoms with Crippen molar-refractivity contribution in [3.63, 3.8) is 0 Å². The van der Waals surface area contributed by atoms with Crippen molar-refractivity contribution >= 4 is 6.09 Å². The summed E-state index contributed by atoms with van der Waals surface area (Å²) in [5, 5.41) is 6.76. The first kappa shape index (κ1) is 17.4. The number of ether oxygens (including phenoxy) is 2. The van der Waals surface area contributed by atoms with E-state index in [4.69, 9.17) is 14.0 Å². The van der Waals surface area contributed by atoms with Crippen molar-refractivity contribution in [2.75, 3.05) is 6.61 Å². The average molecular weight is 385 g/mol. The van der Waals surface area contributed by atoms with Gasteiger partial charge in [0.15, 0.2) is 5.82 Å². The van der Waals surface area contributed by atoms with E-state index < -0.39 is 6.09 Å². The molecule has 0 radical (unpaired) electrons. The molecule has 0 aromatic carbocycles. The number of hydrogen-bond donors (Lipinski definition) is 1. The lowest BCUT2D eigenvalue weighted by Crippen LogP contribution is -2.33. The van der Waals surface area contributed by atoms with Gasteiger partial charge in [-0.3, -0.25) is 0 Å². The van der Waals surface area contributed by atoms with Gasteiger partial charge in [0, 0.05) is 12.8 Å². The molecule has 0 unspecified atom stereocenters. The number of aromatic nitrogens is 4. The van der Waals surface area contributed by atoms with E-state index in [1.165, 1.54) is 19.0 Å². The summed E-state index contributed by atoms with van der Waals surface area (Å²) in [6, 6.07) is -0.325. The van der Waals surface area contributed by atoms with Gasteiger partial charge in [-0.2, -0.15) is 9.97 Å². The molecule has 3 saturated carbocycles. The van der Waals surface area contributed by atoms with E-state index >= 15 is 0 Å². The fourth-order valence-corrected chi connectivity index (χ4v) is 3.16. The number of hydrogen-bond acceptors (Lipinski definition) is 8. The molecule has 1 N–H and O–H groups in total. The highest BCUT2D eigenvalue weighted by molar-refractivity contribution is 5.70. The van der Waals surface area contributed by atoms with Crippen molar-refractivity contribution in [2.24, 2.45) is 11.8 Å². The molecule has 3 aliphatic rings. The molecule has 2 aromatic heterocycles. The Hall–Kier alpha value is -2.71. The van der Waals surface area contributed by atoms with E-state index in [9.17, 15) is 4.79 Å². The van der Waals surface area contributed by atoms with Crippen molar-refractivity contribution in [1.82, 2.24) is 25.4 Å². The zero-order valence-electron chi connectivity index (χ0n) is 15.8. The smallest absolute Gasteiger partial charge is 0.414 e. The number of carbonyl (C=O) groups is 1. The summed E-state index contributed by atoms with van der Waals surface area (Å²) in [6.07, 6.45) is 7.49. The minimum absolute atomic E-state index is 0.131. The maximum absolute atomic E-state index is 12.4. The van der Waals surface area contributed by atoms with Crippen LogP contribution < -0.4 is 14.8 Å². The third-order valence-electron chi connectivity index (χ3n) is 5.25. The van der Waals surface area contributed by atoms with Gasteiger partial charge in [0.1, 0.15) is 5.69 Å². The zero-order chi connectivity index (χ0) is 19.1. The average Bonchev–Trinajstić information content (AvgIpc) is 3.52. The third-order valence-corrected chi connectivity index (χ3v) is 5.25. The second kappa shape index (κ2) is 7.03. The van der Waals surface area contributed by atoms with Crippen molar-refractivity contribution in [2.45, 2.75) is 57.4 Å². The molecule has 2 aromatic rings. The van der Waals surface area contributed by atoms with E-state index in [2.05, 4.69) is 25.4 Å². The van der Waals surface area contributed by atoms with Gasteiger partial charge in [0.25, 0.3) is 0 Å². The highest BCUT2D eigenvalue weighted by Crippen LogP contribution is 2.43. The van der Waals surface area contributed by atoms with Crippen LogP contribution in [0.15, 0.2) is 10.7 Å². The summed E-state index contributed by atoms with van der Waals surface area (Å²) in [5.74, 6) is 2.88. The van der Waals surface area contributed by atoms with Crippen molar-refractivity contribution in [3.8, 4) is 11.8 Å². The lowest BCUT2D eigenvalue weighted by Gasteiger charge is -2.15. The summed E-state index contributed by atoms with van der Waals surface area (Å²) in [5.41, 5.74) is 0.867. The van der Waals surface area contributed by atoms with E-state index in [0.717, 1.165) is 31.4 Å². The predicted molar refractivity (Wildman–Crippen MR) is 95.9 cm³/mol. The Morgan fingerprint density at radius 2 is 2.07 bits per heavy atom. The Morgan fingerprint density at radius 1 is 1.25 bits per heavy atom. The molecule has 1 amide bonds. The molecular formula is C19H23N5O4. The molecule has 148 valence electrons. The van der Waals surface area contributed by atoms with Crippen molar-refractivity contribution in [3.05, 3.63) is 23.6 Å². The van der Waals surface area contributed by atoms with Crippen LogP contribution in [0.5, 0.6) is 11.8 Å². The first-order valence-corrected chi connectivity index (χ1v) is 9.94. The van der Waals surface area contributed by atoms with Crippen LogP contribution in [0, 0.1) is 18.8 Å². The number of amides is 1. The first-order chi connectivity index (χ1) is 13.7. The van der Waals surface area contributed by atoms with Crippen molar-refractivity contribution < 1.29 is 18.8 Å². The van der Waals surface area contributed by atoms with Crippen LogP contribution in [0.1, 0.15) is 67.9 Å². The predicted octanol–water partition coefficient (Wildman–Crippen LogP) is 3.07. The summed E-state index contributed by atoms with van der Waals surface area (Å²) >= 11 is 0. The molecule has 3 aliphatic carbocycles. The second-order valence-corrected chi connectivity index (χ2v) is 7.95. The van der Waals surface area contributed by atoms with Crippen LogP contribution in [-0.4, -0.2) is 32.8 Å². The fraction of sp³-hybridized carbons (Fsp3) is 0.632. The molecule has 0 aliphatic heterocycles. The second-order valence-electron chi connectivity index (χ2n) is 7.95. The maximum Gasteiger partial charge on any atom is 0.414 e. The van der Waals surface area contributed by atoms with Crippen molar-refractivity contribution in [1.29, 1.82) is 0 Å². The highest BCUT2D eigenvalue weighted by atomic mass is 16.6.